The predicted octanol–water partition coefficient (Wildman–Crippen LogP) is 3.30. The number of hydrogen-bond acceptors (Lipinski definition) is 3. The molecule has 1 N–H and O–H groups in total. The highest BCUT2D eigenvalue weighted by Gasteiger charge is 2.19. The predicted molar refractivity (Wildman–Crippen MR) is 82.0 cm³/mol. The van der Waals surface area contributed by atoms with Crippen molar-refractivity contribution in [1.82, 2.24) is 5.32 Å². The van der Waals surface area contributed by atoms with E-state index >= 15 is 0 Å². The summed E-state index contributed by atoms with van der Waals surface area (Å²) in [5, 5.41) is 3.50. The highest BCUT2D eigenvalue weighted by Crippen LogP contribution is 2.19. The normalized spacial score (nSPS) is 14.2. The van der Waals surface area contributed by atoms with E-state index in [4.69, 9.17) is 9.47 Å². The van der Waals surface area contributed by atoms with Crippen LogP contribution in [-0.2, 0) is 11.3 Å². The Labute approximate surface area is 122 Å². The van der Waals surface area contributed by atoms with Crippen molar-refractivity contribution < 1.29 is 9.47 Å². The Bertz CT molecular complexity index is 384. The summed E-state index contributed by atoms with van der Waals surface area (Å²) >= 11 is 0. The SMILES string of the molecule is C=CCCCOCCOc1ccc(CNC2CC2)cc1. The molecule has 3 nitrogen and oxygen atoms in total. The van der Waals surface area contributed by atoms with Crippen molar-refractivity contribution in [1.29, 1.82) is 0 Å². The molecule has 20 heavy (non-hydrogen) atoms. The van der Waals surface area contributed by atoms with Crippen molar-refractivity contribution in [2.24, 2.45) is 0 Å². The molecule has 1 fully saturated rings. The maximum Gasteiger partial charge on any atom is 0.119 e. The van der Waals surface area contributed by atoms with Crippen molar-refractivity contribution in [3.8, 4) is 5.75 Å². The van der Waals surface area contributed by atoms with Crippen LogP contribution in [0.25, 0.3) is 0 Å². The summed E-state index contributed by atoms with van der Waals surface area (Å²) in [5.41, 5.74) is 1.31. The third-order valence-corrected chi connectivity index (χ3v) is 3.29. The number of ether oxygens (including phenoxy) is 2. The van der Waals surface area contributed by atoms with Gasteiger partial charge < -0.3 is 14.8 Å². The molecular formula is C17H25NO2. The number of hydrogen-bond donors (Lipinski definition) is 1. The molecule has 0 bridgehead atoms. The van der Waals surface area contributed by atoms with Gasteiger partial charge in [-0.25, -0.2) is 0 Å². The molecule has 0 aliphatic heterocycles. The second-order valence-corrected chi connectivity index (χ2v) is 5.19. The molecule has 0 amide bonds. The van der Waals surface area contributed by atoms with E-state index in [1.165, 1.54) is 18.4 Å². The van der Waals surface area contributed by atoms with E-state index in [0.29, 0.717) is 13.2 Å². The number of nitrogens with one attached hydrogen (secondary N) is 1. The minimum Gasteiger partial charge on any atom is -0.491 e. The van der Waals surface area contributed by atoms with Crippen LogP contribution in [0.15, 0.2) is 36.9 Å². The van der Waals surface area contributed by atoms with Crippen LogP contribution in [0, 0.1) is 0 Å². The first kappa shape index (κ1) is 15.1. The zero-order valence-electron chi connectivity index (χ0n) is 12.1. The van der Waals surface area contributed by atoms with Crippen molar-refractivity contribution in [2.75, 3.05) is 19.8 Å². The van der Waals surface area contributed by atoms with E-state index in [9.17, 15) is 0 Å². The van der Waals surface area contributed by atoms with Crippen LogP contribution >= 0.6 is 0 Å². The topological polar surface area (TPSA) is 30.5 Å². The van der Waals surface area contributed by atoms with E-state index < -0.39 is 0 Å². The van der Waals surface area contributed by atoms with Crippen molar-refractivity contribution in [3.05, 3.63) is 42.5 Å². The zero-order valence-corrected chi connectivity index (χ0v) is 12.1. The standard InChI is InChI=1S/C17H25NO2/c1-2-3-4-11-19-12-13-20-17-9-5-15(6-10-17)14-18-16-7-8-16/h2,5-6,9-10,16,18H,1,3-4,7-8,11-14H2. The Morgan fingerprint density at radius 3 is 2.65 bits per heavy atom. The van der Waals surface area contributed by atoms with Crippen LogP contribution < -0.4 is 10.1 Å². The molecule has 0 aromatic heterocycles. The lowest BCUT2D eigenvalue weighted by Gasteiger charge is -2.08. The highest BCUT2D eigenvalue weighted by molar-refractivity contribution is 5.27. The summed E-state index contributed by atoms with van der Waals surface area (Å²) in [6, 6.07) is 9.05. The second-order valence-electron chi connectivity index (χ2n) is 5.19. The molecule has 1 aliphatic carbocycles. The van der Waals surface area contributed by atoms with Gasteiger partial charge in [-0.15, -0.1) is 6.58 Å². The molecule has 0 atom stereocenters. The average molecular weight is 275 g/mol. The van der Waals surface area contributed by atoms with Gasteiger partial charge in [0.15, 0.2) is 0 Å². The monoisotopic (exact) mass is 275 g/mol. The number of rotatable bonds is 11. The number of benzene rings is 1. The van der Waals surface area contributed by atoms with E-state index in [2.05, 4.69) is 24.0 Å². The highest BCUT2D eigenvalue weighted by atomic mass is 16.5. The van der Waals surface area contributed by atoms with Gasteiger partial charge in [0.1, 0.15) is 12.4 Å². The number of unbranched alkanes of at least 4 members (excludes halogenated alkanes) is 1. The maximum absolute atomic E-state index is 5.64. The van der Waals surface area contributed by atoms with Crippen molar-refractivity contribution in [3.63, 3.8) is 0 Å². The fraction of sp³-hybridized carbons (Fsp3) is 0.529. The lowest BCUT2D eigenvalue weighted by atomic mass is 10.2. The summed E-state index contributed by atoms with van der Waals surface area (Å²) in [5.74, 6) is 0.912. The molecule has 2 rings (SSSR count). The fourth-order valence-electron chi connectivity index (χ4n) is 1.90. The third-order valence-electron chi connectivity index (χ3n) is 3.29. The van der Waals surface area contributed by atoms with Crippen LogP contribution in [0.2, 0.25) is 0 Å². The van der Waals surface area contributed by atoms with Gasteiger partial charge in [-0.05, 0) is 43.4 Å². The Morgan fingerprint density at radius 2 is 1.95 bits per heavy atom. The molecule has 0 unspecified atom stereocenters. The van der Waals surface area contributed by atoms with Gasteiger partial charge in [-0.1, -0.05) is 18.2 Å². The summed E-state index contributed by atoms with van der Waals surface area (Å²) in [6.07, 6.45) is 6.62. The zero-order chi connectivity index (χ0) is 14.0. The summed E-state index contributed by atoms with van der Waals surface area (Å²) in [6.45, 7) is 6.66. The molecular weight excluding hydrogens is 250 g/mol. The Morgan fingerprint density at radius 1 is 1.15 bits per heavy atom. The quantitative estimate of drug-likeness (QED) is 0.496. The molecule has 110 valence electrons. The van der Waals surface area contributed by atoms with Crippen LogP contribution in [-0.4, -0.2) is 25.9 Å². The molecule has 1 aliphatic rings. The van der Waals surface area contributed by atoms with E-state index in [-0.39, 0.29) is 0 Å². The molecule has 1 aromatic carbocycles. The van der Waals surface area contributed by atoms with Crippen LogP contribution in [0.4, 0.5) is 0 Å². The Kier molecular flexibility index (Phi) is 6.61. The summed E-state index contributed by atoms with van der Waals surface area (Å²) < 4.78 is 11.1. The minimum absolute atomic E-state index is 0.605. The second kappa shape index (κ2) is 8.77. The van der Waals surface area contributed by atoms with Gasteiger partial charge in [0.25, 0.3) is 0 Å². The molecule has 0 radical (unpaired) electrons. The Hall–Kier alpha value is -1.32. The molecule has 3 heteroatoms. The Balaban J connectivity index is 1.54. The lowest BCUT2D eigenvalue weighted by Crippen LogP contribution is -2.15. The van der Waals surface area contributed by atoms with Gasteiger partial charge in [0.2, 0.25) is 0 Å². The van der Waals surface area contributed by atoms with Gasteiger partial charge in [-0.3, -0.25) is 0 Å². The number of allylic oxidation sites excluding steroid dienone is 1. The maximum atomic E-state index is 5.64. The summed E-state index contributed by atoms with van der Waals surface area (Å²) in [7, 11) is 0. The fourth-order valence-corrected chi connectivity index (χ4v) is 1.90. The van der Waals surface area contributed by atoms with E-state index in [0.717, 1.165) is 37.8 Å². The van der Waals surface area contributed by atoms with Crippen molar-refractivity contribution >= 4 is 0 Å². The first-order chi connectivity index (χ1) is 9.88. The van der Waals surface area contributed by atoms with Crippen LogP contribution in [0.1, 0.15) is 31.2 Å². The largest absolute Gasteiger partial charge is 0.491 e. The molecule has 0 spiro atoms. The van der Waals surface area contributed by atoms with Crippen molar-refractivity contribution in [2.45, 2.75) is 38.3 Å². The van der Waals surface area contributed by atoms with Crippen LogP contribution in [0.5, 0.6) is 5.75 Å². The molecule has 1 saturated carbocycles. The van der Waals surface area contributed by atoms with E-state index in [1.807, 2.05) is 18.2 Å². The molecule has 0 saturated heterocycles. The van der Waals surface area contributed by atoms with Gasteiger partial charge in [0.05, 0.1) is 6.61 Å². The van der Waals surface area contributed by atoms with Crippen LogP contribution in [0.3, 0.4) is 0 Å². The molecule has 0 heterocycles. The first-order valence-electron chi connectivity index (χ1n) is 7.52. The third kappa shape index (κ3) is 6.22. The van der Waals surface area contributed by atoms with Gasteiger partial charge in [0, 0.05) is 19.2 Å². The van der Waals surface area contributed by atoms with Gasteiger partial charge in [-0.2, -0.15) is 0 Å². The first-order valence-corrected chi connectivity index (χ1v) is 7.52. The lowest BCUT2D eigenvalue weighted by molar-refractivity contribution is 0.0988. The molecule has 1 aromatic rings. The average Bonchev–Trinajstić information content (AvgIpc) is 3.30. The minimum atomic E-state index is 0.605. The smallest absolute Gasteiger partial charge is 0.119 e. The van der Waals surface area contributed by atoms with E-state index in [1.54, 1.807) is 0 Å². The summed E-state index contributed by atoms with van der Waals surface area (Å²) in [4.78, 5) is 0. The van der Waals surface area contributed by atoms with Gasteiger partial charge >= 0.3 is 0 Å².